The molecule has 1 aromatic carbocycles. The van der Waals surface area contributed by atoms with Crippen LogP contribution >= 0.6 is 0 Å². The Hall–Kier alpha value is -1.97. The summed E-state index contributed by atoms with van der Waals surface area (Å²) < 4.78 is 7.39. The molecule has 0 bridgehead atoms. The molecule has 4 nitrogen and oxygen atoms in total. The molecule has 1 aliphatic heterocycles. The number of benzene rings is 1. The number of ether oxygens (including phenoxy) is 1. The predicted octanol–water partition coefficient (Wildman–Crippen LogP) is 3.64. The zero-order chi connectivity index (χ0) is 14.7. The fraction of sp³-hybridized carbons (Fsp3) is 0.471. The van der Waals surface area contributed by atoms with Gasteiger partial charge in [-0.05, 0) is 37.0 Å². The van der Waals surface area contributed by atoms with Gasteiger partial charge >= 0.3 is 0 Å². The van der Waals surface area contributed by atoms with Crippen molar-refractivity contribution in [2.24, 2.45) is 0 Å². The van der Waals surface area contributed by atoms with Crippen LogP contribution in [0.15, 0.2) is 30.3 Å². The highest BCUT2D eigenvalue weighted by atomic mass is 16.5. The Kier molecular flexibility index (Phi) is 4.13. The number of anilines is 1. The van der Waals surface area contributed by atoms with E-state index >= 15 is 0 Å². The molecular formula is C17H23N3O. The van der Waals surface area contributed by atoms with Gasteiger partial charge in [0, 0.05) is 12.6 Å². The molecule has 2 aromatic rings. The molecule has 3 rings (SSSR count). The maximum absolute atomic E-state index is 5.24. The van der Waals surface area contributed by atoms with Crippen molar-refractivity contribution in [2.75, 3.05) is 19.0 Å². The number of aryl methyl sites for hydroxylation is 1. The Morgan fingerprint density at radius 2 is 2.14 bits per heavy atom. The summed E-state index contributed by atoms with van der Waals surface area (Å²) in [5.74, 6) is 2.05. The third kappa shape index (κ3) is 2.89. The van der Waals surface area contributed by atoms with E-state index in [1.165, 1.54) is 24.1 Å². The van der Waals surface area contributed by atoms with Crippen LogP contribution in [-0.2, 0) is 6.42 Å². The van der Waals surface area contributed by atoms with Crippen LogP contribution in [0.1, 0.15) is 43.5 Å². The quantitative estimate of drug-likeness (QED) is 0.911. The summed E-state index contributed by atoms with van der Waals surface area (Å²) in [5.41, 5.74) is 2.49. The molecule has 0 saturated carbocycles. The van der Waals surface area contributed by atoms with E-state index in [0.29, 0.717) is 6.04 Å². The Bertz CT molecular complexity index is 589. The van der Waals surface area contributed by atoms with Crippen molar-refractivity contribution >= 4 is 5.82 Å². The van der Waals surface area contributed by atoms with Gasteiger partial charge in [0.05, 0.1) is 18.8 Å². The molecule has 1 atom stereocenters. The van der Waals surface area contributed by atoms with Crippen LogP contribution in [-0.4, -0.2) is 23.4 Å². The number of aromatic nitrogens is 2. The molecule has 1 N–H and O–H groups in total. The van der Waals surface area contributed by atoms with Gasteiger partial charge in [0.15, 0.2) is 0 Å². The van der Waals surface area contributed by atoms with Crippen LogP contribution in [0.5, 0.6) is 5.75 Å². The molecule has 0 fully saturated rings. The summed E-state index contributed by atoms with van der Waals surface area (Å²) in [6, 6.07) is 10.9. The summed E-state index contributed by atoms with van der Waals surface area (Å²) in [6.45, 7) is 3.21. The molecule has 0 saturated heterocycles. The van der Waals surface area contributed by atoms with Crippen LogP contribution in [0, 0.1) is 0 Å². The first-order valence-corrected chi connectivity index (χ1v) is 7.78. The fourth-order valence-electron chi connectivity index (χ4n) is 2.89. The van der Waals surface area contributed by atoms with Gasteiger partial charge in [-0.15, -0.1) is 0 Å². The number of hydrogen-bond donors (Lipinski definition) is 1. The van der Waals surface area contributed by atoms with Crippen LogP contribution in [0.2, 0.25) is 0 Å². The van der Waals surface area contributed by atoms with Gasteiger partial charge in [-0.1, -0.05) is 25.5 Å². The zero-order valence-electron chi connectivity index (χ0n) is 12.8. The standard InChI is InChI=1S/C17H23N3O/c1-3-4-5-14-12-17-18-11-10-16(20(17)19-14)13-6-8-15(21-2)9-7-13/h6-9,12,16,18H,3-5,10-11H2,1-2H3. The van der Waals surface area contributed by atoms with Gasteiger partial charge in [-0.2, -0.15) is 5.10 Å². The SMILES string of the molecule is CCCCc1cc2n(n1)C(c1ccc(OC)cc1)CCN2. The van der Waals surface area contributed by atoms with E-state index in [4.69, 9.17) is 9.84 Å². The predicted molar refractivity (Wildman–Crippen MR) is 85.1 cm³/mol. The zero-order valence-corrected chi connectivity index (χ0v) is 12.8. The minimum Gasteiger partial charge on any atom is -0.497 e. The molecule has 1 aliphatic rings. The molecule has 4 heteroatoms. The van der Waals surface area contributed by atoms with E-state index in [1.54, 1.807) is 7.11 Å². The highest BCUT2D eigenvalue weighted by molar-refractivity contribution is 5.42. The summed E-state index contributed by atoms with van der Waals surface area (Å²) in [7, 11) is 1.70. The van der Waals surface area contributed by atoms with E-state index in [1.807, 2.05) is 12.1 Å². The van der Waals surface area contributed by atoms with Crippen molar-refractivity contribution in [3.05, 3.63) is 41.6 Å². The van der Waals surface area contributed by atoms with Gasteiger partial charge < -0.3 is 10.1 Å². The second-order valence-corrected chi connectivity index (χ2v) is 5.57. The highest BCUT2D eigenvalue weighted by Gasteiger charge is 2.22. The smallest absolute Gasteiger partial charge is 0.125 e. The van der Waals surface area contributed by atoms with Gasteiger partial charge in [-0.25, -0.2) is 4.68 Å². The Labute approximate surface area is 126 Å². The second kappa shape index (κ2) is 6.20. The largest absolute Gasteiger partial charge is 0.497 e. The summed E-state index contributed by atoms with van der Waals surface area (Å²) in [5, 5.41) is 8.27. The number of nitrogens with zero attached hydrogens (tertiary/aromatic N) is 2. The first-order chi connectivity index (χ1) is 10.3. The normalized spacial score (nSPS) is 17.1. The van der Waals surface area contributed by atoms with Crippen LogP contribution in [0.4, 0.5) is 5.82 Å². The molecule has 0 radical (unpaired) electrons. The minimum atomic E-state index is 0.322. The molecule has 1 unspecified atom stereocenters. The first-order valence-electron chi connectivity index (χ1n) is 7.78. The van der Waals surface area contributed by atoms with Crippen LogP contribution in [0.25, 0.3) is 0 Å². The molecule has 112 valence electrons. The number of hydrogen-bond acceptors (Lipinski definition) is 3. The Morgan fingerprint density at radius 3 is 2.86 bits per heavy atom. The highest BCUT2D eigenvalue weighted by Crippen LogP contribution is 2.31. The minimum absolute atomic E-state index is 0.322. The molecule has 0 aliphatic carbocycles. The van der Waals surface area contributed by atoms with Gasteiger partial charge in [0.2, 0.25) is 0 Å². The van der Waals surface area contributed by atoms with Gasteiger partial charge in [-0.3, -0.25) is 0 Å². The summed E-state index contributed by atoms with van der Waals surface area (Å²) in [6.07, 6.45) is 4.53. The monoisotopic (exact) mass is 285 g/mol. The number of rotatable bonds is 5. The lowest BCUT2D eigenvalue weighted by molar-refractivity contribution is 0.413. The lowest BCUT2D eigenvalue weighted by atomic mass is 10.0. The van der Waals surface area contributed by atoms with Crippen molar-refractivity contribution in [3.63, 3.8) is 0 Å². The lowest BCUT2D eigenvalue weighted by Crippen LogP contribution is -2.24. The average molecular weight is 285 g/mol. The molecule has 2 heterocycles. The van der Waals surface area contributed by atoms with Crippen molar-refractivity contribution in [1.82, 2.24) is 9.78 Å². The van der Waals surface area contributed by atoms with Crippen LogP contribution < -0.4 is 10.1 Å². The summed E-state index contributed by atoms with van der Waals surface area (Å²) >= 11 is 0. The fourth-order valence-corrected chi connectivity index (χ4v) is 2.89. The van der Waals surface area contributed by atoms with Gasteiger partial charge in [0.1, 0.15) is 11.6 Å². The molecule has 21 heavy (non-hydrogen) atoms. The van der Waals surface area contributed by atoms with Crippen LogP contribution in [0.3, 0.4) is 0 Å². The van der Waals surface area contributed by atoms with E-state index in [9.17, 15) is 0 Å². The van der Waals surface area contributed by atoms with E-state index in [2.05, 4.69) is 35.1 Å². The van der Waals surface area contributed by atoms with Crippen molar-refractivity contribution in [2.45, 2.75) is 38.6 Å². The van der Waals surface area contributed by atoms with Crippen molar-refractivity contribution < 1.29 is 4.74 Å². The van der Waals surface area contributed by atoms with Gasteiger partial charge in [0.25, 0.3) is 0 Å². The Morgan fingerprint density at radius 1 is 1.33 bits per heavy atom. The number of fused-ring (bicyclic) bond motifs is 1. The van der Waals surface area contributed by atoms with E-state index in [0.717, 1.165) is 31.0 Å². The maximum atomic E-state index is 5.24. The second-order valence-electron chi connectivity index (χ2n) is 5.57. The van der Waals surface area contributed by atoms with E-state index < -0.39 is 0 Å². The lowest BCUT2D eigenvalue weighted by Gasteiger charge is -2.26. The molecule has 0 amide bonds. The number of unbranched alkanes of at least 4 members (excludes halogenated alkanes) is 1. The third-order valence-electron chi connectivity index (χ3n) is 4.09. The van der Waals surface area contributed by atoms with Crippen molar-refractivity contribution in [1.29, 1.82) is 0 Å². The first kappa shape index (κ1) is 14.0. The Balaban J connectivity index is 1.86. The molecular weight excluding hydrogens is 262 g/mol. The molecule has 1 aromatic heterocycles. The van der Waals surface area contributed by atoms with Crippen molar-refractivity contribution in [3.8, 4) is 5.75 Å². The average Bonchev–Trinajstić information content (AvgIpc) is 2.96. The van der Waals surface area contributed by atoms with E-state index in [-0.39, 0.29) is 0 Å². The maximum Gasteiger partial charge on any atom is 0.125 e. The molecule has 0 spiro atoms. The third-order valence-corrected chi connectivity index (χ3v) is 4.09. The topological polar surface area (TPSA) is 39.1 Å². The summed E-state index contributed by atoms with van der Waals surface area (Å²) in [4.78, 5) is 0. The number of nitrogens with one attached hydrogen (secondary N) is 1. The number of methoxy groups -OCH3 is 1.